The van der Waals surface area contributed by atoms with Gasteiger partial charge in [-0.05, 0) is 36.8 Å². The summed E-state index contributed by atoms with van der Waals surface area (Å²) in [6.07, 6.45) is 5.07. The van der Waals surface area contributed by atoms with E-state index in [1.807, 2.05) is 48.5 Å². The van der Waals surface area contributed by atoms with Crippen molar-refractivity contribution >= 4 is 5.97 Å². The van der Waals surface area contributed by atoms with Gasteiger partial charge in [0.25, 0.3) is 0 Å². The molecule has 4 heteroatoms. The molecule has 1 saturated heterocycles. The summed E-state index contributed by atoms with van der Waals surface area (Å²) in [4.78, 5) is 14.7. The number of quaternary nitrogens is 1. The zero-order valence-electron chi connectivity index (χ0n) is 15.9. The van der Waals surface area contributed by atoms with Crippen molar-refractivity contribution in [2.45, 2.75) is 43.7 Å². The van der Waals surface area contributed by atoms with Gasteiger partial charge in [0.2, 0.25) is 5.60 Å². The second kappa shape index (κ2) is 7.45. The van der Waals surface area contributed by atoms with Gasteiger partial charge in [-0.15, -0.1) is 0 Å². The van der Waals surface area contributed by atoms with Crippen molar-refractivity contribution in [3.05, 3.63) is 70.8 Å². The van der Waals surface area contributed by atoms with Crippen molar-refractivity contribution < 1.29 is 19.5 Å². The number of hydrogen-bond donors (Lipinski definition) is 2. The van der Waals surface area contributed by atoms with Gasteiger partial charge in [0.15, 0.2) is 0 Å². The minimum Gasteiger partial charge on any atom is -0.457 e. The largest absolute Gasteiger partial charge is 0.457 e. The topological polar surface area (TPSA) is 51.0 Å². The van der Waals surface area contributed by atoms with Crippen LogP contribution in [0.5, 0.6) is 0 Å². The number of piperidine rings is 1. The molecule has 2 aromatic carbocycles. The van der Waals surface area contributed by atoms with E-state index < -0.39 is 11.6 Å². The summed E-state index contributed by atoms with van der Waals surface area (Å²) in [7, 11) is 2.16. The lowest BCUT2D eigenvalue weighted by Crippen LogP contribution is -3.14. The maximum absolute atomic E-state index is 13.3. The lowest BCUT2D eigenvalue weighted by Gasteiger charge is -2.32. The third-order valence-corrected chi connectivity index (χ3v) is 6.26. The van der Waals surface area contributed by atoms with E-state index in [4.69, 9.17) is 4.74 Å². The van der Waals surface area contributed by atoms with Gasteiger partial charge < -0.3 is 14.7 Å². The number of nitrogens with one attached hydrogen (secondary N) is 1. The van der Waals surface area contributed by atoms with Crippen LogP contribution in [0, 0.1) is 0 Å². The number of aryl methyl sites for hydroxylation is 2. The second-order valence-electron chi connectivity index (χ2n) is 7.91. The van der Waals surface area contributed by atoms with E-state index in [9.17, 15) is 9.90 Å². The maximum atomic E-state index is 13.3. The molecular formula is C23H28NO3+. The Bertz CT molecular complexity index is 784. The monoisotopic (exact) mass is 366 g/mol. The highest BCUT2D eigenvalue weighted by molar-refractivity contribution is 5.86. The highest BCUT2D eigenvalue weighted by Crippen LogP contribution is 2.38. The highest BCUT2D eigenvalue weighted by Gasteiger charge is 2.46. The lowest BCUT2D eigenvalue weighted by atomic mass is 9.83. The molecule has 142 valence electrons. The smallest absolute Gasteiger partial charge is 0.347 e. The molecule has 0 radical (unpaired) electrons. The number of carbonyl (C=O) groups is 1. The SMILES string of the molecule is C[NH+]1CCCC[C@H]1COC(=O)C1(O)c2ccccc2CCc2ccccc21. The lowest BCUT2D eigenvalue weighted by molar-refractivity contribution is -0.911. The molecule has 2 aromatic rings. The molecule has 2 aliphatic rings. The molecule has 27 heavy (non-hydrogen) atoms. The average Bonchev–Trinajstić information content (AvgIpc) is 2.83. The number of likely N-dealkylation sites (tertiary alicyclic amines) is 1. The Morgan fingerprint density at radius 2 is 1.67 bits per heavy atom. The molecule has 1 heterocycles. The van der Waals surface area contributed by atoms with Crippen molar-refractivity contribution in [2.75, 3.05) is 20.2 Å². The van der Waals surface area contributed by atoms with Gasteiger partial charge in [-0.3, -0.25) is 0 Å². The number of ether oxygens (including phenoxy) is 1. The van der Waals surface area contributed by atoms with Crippen LogP contribution in [0.4, 0.5) is 0 Å². The Labute approximate surface area is 160 Å². The molecule has 1 unspecified atom stereocenters. The van der Waals surface area contributed by atoms with Crippen LogP contribution in [-0.2, 0) is 28.0 Å². The van der Waals surface area contributed by atoms with Crippen LogP contribution in [0.2, 0.25) is 0 Å². The van der Waals surface area contributed by atoms with E-state index in [2.05, 4.69) is 7.05 Å². The van der Waals surface area contributed by atoms with E-state index in [0.29, 0.717) is 23.8 Å². The number of benzene rings is 2. The maximum Gasteiger partial charge on any atom is 0.347 e. The number of carbonyl (C=O) groups excluding carboxylic acids is 1. The summed E-state index contributed by atoms with van der Waals surface area (Å²) >= 11 is 0. The third kappa shape index (κ3) is 3.28. The number of aliphatic hydroxyl groups is 1. The van der Waals surface area contributed by atoms with E-state index in [0.717, 1.165) is 36.9 Å². The molecule has 1 aliphatic carbocycles. The normalized spacial score (nSPS) is 23.6. The Morgan fingerprint density at radius 1 is 1.07 bits per heavy atom. The summed E-state index contributed by atoms with van der Waals surface area (Å²) in [5, 5.41) is 11.7. The molecule has 4 nitrogen and oxygen atoms in total. The first-order valence-corrected chi connectivity index (χ1v) is 9.99. The van der Waals surface area contributed by atoms with Crippen LogP contribution in [0.25, 0.3) is 0 Å². The molecule has 0 amide bonds. The molecule has 0 bridgehead atoms. The summed E-state index contributed by atoms with van der Waals surface area (Å²) in [6, 6.07) is 15.7. The van der Waals surface area contributed by atoms with Gasteiger partial charge >= 0.3 is 5.97 Å². The Kier molecular flexibility index (Phi) is 5.02. The van der Waals surface area contributed by atoms with Crippen molar-refractivity contribution in [3.63, 3.8) is 0 Å². The number of fused-ring (bicyclic) bond motifs is 2. The zero-order chi connectivity index (χ0) is 18.9. The van der Waals surface area contributed by atoms with E-state index >= 15 is 0 Å². The van der Waals surface area contributed by atoms with Gasteiger partial charge in [0.1, 0.15) is 12.6 Å². The first-order valence-electron chi connectivity index (χ1n) is 9.99. The van der Waals surface area contributed by atoms with Crippen LogP contribution in [0.15, 0.2) is 48.5 Å². The van der Waals surface area contributed by atoms with E-state index in [-0.39, 0.29) is 0 Å². The molecule has 0 spiro atoms. The summed E-state index contributed by atoms with van der Waals surface area (Å²) in [5.41, 5.74) is 1.59. The fourth-order valence-electron chi connectivity index (χ4n) is 4.57. The standard InChI is InChI=1S/C23H27NO3/c1-24-15-7-6-10-19(24)16-27-22(25)23(26)20-11-4-2-8-17(20)13-14-18-9-3-5-12-21(18)23/h2-5,8-9,11-12,19,26H,6-7,10,13-16H2,1H3/p+1/t19-/m0/s1. The van der Waals surface area contributed by atoms with Crippen molar-refractivity contribution in [1.29, 1.82) is 0 Å². The number of esters is 1. The Balaban J connectivity index is 1.68. The summed E-state index contributed by atoms with van der Waals surface area (Å²) < 4.78 is 5.75. The zero-order valence-corrected chi connectivity index (χ0v) is 15.9. The van der Waals surface area contributed by atoms with Crippen molar-refractivity contribution in [2.24, 2.45) is 0 Å². The molecule has 2 N–H and O–H groups in total. The van der Waals surface area contributed by atoms with Crippen LogP contribution in [0.3, 0.4) is 0 Å². The van der Waals surface area contributed by atoms with Gasteiger partial charge in [0, 0.05) is 17.5 Å². The minimum atomic E-state index is -1.74. The third-order valence-electron chi connectivity index (χ3n) is 6.26. The molecule has 1 fully saturated rings. The van der Waals surface area contributed by atoms with Crippen LogP contribution in [-0.4, -0.2) is 37.3 Å². The highest BCUT2D eigenvalue weighted by atomic mass is 16.6. The van der Waals surface area contributed by atoms with Crippen LogP contribution >= 0.6 is 0 Å². The molecular weight excluding hydrogens is 338 g/mol. The summed E-state index contributed by atoms with van der Waals surface area (Å²) in [5.74, 6) is -0.553. The fourth-order valence-corrected chi connectivity index (χ4v) is 4.57. The Hall–Kier alpha value is -2.17. The predicted molar refractivity (Wildman–Crippen MR) is 104 cm³/mol. The fraction of sp³-hybridized carbons (Fsp3) is 0.435. The quantitative estimate of drug-likeness (QED) is 0.812. The molecule has 1 aliphatic heterocycles. The van der Waals surface area contributed by atoms with Crippen LogP contribution in [0.1, 0.15) is 41.5 Å². The van der Waals surface area contributed by atoms with Crippen LogP contribution < -0.4 is 4.90 Å². The molecule has 0 saturated carbocycles. The molecule has 0 aromatic heterocycles. The average molecular weight is 366 g/mol. The summed E-state index contributed by atoms with van der Waals surface area (Å²) in [6.45, 7) is 1.47. The number of hydrogen-bond acceptors (Lipinski definition) is 3. The molecule has 2 atom stereocenters. The first kappa shape index (κ1) is 18.2. The van der Waals surface area contributed by atoms with Gasteiger partial charge in [0.05, 0.1) is 13.6 Å². The van der Waals surface area contributed by atoms with Crippen molar-refractivity contribution in [1.82, 2.24) is 0 Å². The predicted octanol–water partition coefficient (Wildman–Crippen LogP) is 1.63. The van der Waals surface area contributed by atoms with Gasteiger partial charge in [-0.2, -0.15) is 0 Å². The second-order valence-corrected chi connectivity index (χ2v) is 7.91. The number of likely N-dealkylation sites (N-methyl/N-ethyl adjacent to an activating group) is 1. The minimum absolute atomic E-state index is 0.308. The number of rotatable bonds is 3. The van der Waals surface area contributed by atoms with Gasteiger partial charge in [-0.25, -0.2) is 4.79 Å². The Morgan fingerprint density at radius 3 is 2.26 bits per heavy atom. The first-order chi connectivity index (χ1) is 13.1. The van der Waals surface area contributed by atoms with E-state index in [1.165, 1.54) is 17.7 Å². The molecule has 4 rings (SSSR count). The van der Waals surface area contributed by atoms with E-state index in [1.54, 1.807) is 0 Å². The van der Waals surface area contributed by atoms with Crippen molar-refractivity contribution in [3.8, 4) is 0 Å². The van der Waals surface area contributed by atoms with Gasteiger partial charge in [-0.1, -0.05) is 48.5 Å².